The molecular formula is C69H126N2O13S. The highest BCUT2D eigenvalue weighted by molar-refractivity contribution is 8.13. The average Bonchev–Trinajstić information content (AvgIpc) is 3.55. The maximum atomic E-state index is 14.1. The molecule has 0 aromatic carbocycles. The van der Waals surface area contributed by atoms with Crippen molar-refractivity contribution >= 4 is 46.8 Å². The summed E-state index contributed by atoms with van der Waals surface area (Å²) in [6, 6.07) is 0. The molecule has 0 bridgehead atoms. The van der Waals surface area contributed by atoms with Gasteiger partial charge in [-0.1, -0.05) is 169 Å². The molecule has 0 N–H and O–H groups in total. The number of nitrogens with zero attached hydrogens (tertiary/aromatic N) is 2. The van der Waals surface area contributed by atoms with Gasteiger partial charge in [0.05, 0.1) is 51.3 Å². The van der Waals surface area contributed by atoms with Crippen LogP contribution in [-0.2, 0) is 57.1 Å². The van der Waals surface area contributed by atoms with Crippen LogP contribution in [0.25, 0.3) is 0 Å². The second kappa shape index (κ2) is 60.8. The molecule has 0 aromatic rings. The van der Waals surface area contributed by atoms with Gasteiger partial charge in [-0.3, -0.25) is 28.8 Å². The Morgan fingerprint density at radius 3 is 1.34 bits per heavy atom. The second-order valence-corrected chi connectivity index (χ2v) is 23.9. The third kappa shape index (κ3) is 50.1. The maximum absolute atomic E-state index is 14.1. The normalized spacial score (nSPS) is 12.7. The summed E-state index contributed by atoms with van der Waals surface area (Å²) >= 11 is 1.23. The van der Waals surface area contributed by atoms with E-state index in [9.17, 15) is 28.8 Å². The van der Waals surface area contributed by atoms with E-state index in [4.69, 9.17) is 33.2 Å². The number of carbonyl (C=O) groups is 6. The van der Waals surface area contributed by atoms with Crippen LogP contribution in [0, 0.1) is 17.8 Å². The minimum Gasteiger partial charge on any atom is -0.466 e. The predicted octanol–water partition coefficient (Wildman–Crippen LogP) is 16.9. The zero-order valence-electron chi connectivity index (χ0n) is 55.5. The molecule has 0 aromatic heterocycles. The fraction of sp³-hybridized carbons (Fsp3) is 0.855. The first-order valence-electron chi connectivity index (χ1n) is 34.4. The molecule has 2 atom stereocenters. The highest BCUT2D eigenvalue weighted by atomic mass is 32.2. The van der Waals surface area contributed by atoms with Gasteiger partial charge in [0.15, 0.2) is 6.29 Å². The molecule has 15 nitrogen and oxygen atoms in total. The zero-order valence-corrected chi connectivity index (χ0v) is 56.3. The molecular weight excluding hydrogens is 1100 g/mol. The monoisotopic (exact) mass is 1220 g/mol. The number of ether oxygens (including phenoxy) is 7. The third-order valence-electron chi connectivity index (χ3n) is 15.1. The third-order valence-corrected chi connectivity index (χ3v) is 16.1. The van der Waals surface area contributed by atoms with Gasteiger partial charge < -0.3 is 43.0 Å². The van der Waals surface area contributed by atoms with E-state index >= 15 is 0 Å². The van der Waals surface area contributed by atoms with E-state index < -0.39 is 24.1 Å². The Morgan fingerprint density at radius 2 is 0.871 bits per heavy atom. The lowest BCUT2D eigenvalue weighted by Gasteiger charge is -2.27. The number of amides is 1. The quantitative estimate of drug-likeness (QED) is 0.0185. The maximum Gasteiger partial charge on any atom is 0.308 e. The van der Waals surface area contributed by atoms with Crippen LogP contribution >= 0.6 is 11.8 Å². The summed E-state index contributed by atoms with van der Waals surface area (Å²) in [6.07, 6.45) is 36.2. The van der Waals surface area contributed by atoms with E-state index in [1.807, 2.05) is 0 Å². The van der Waals surface area contributed by atoms with Gasteiger partial charge >= 0.3 is 29.8 Å². The van der Waals surface area contributed by atoms with Crippen molar-refractivity contribution in [2.45, 2.75) is 280 Å². The molecule has 496 valence electrons. The van der Waals surface area contributed by atoms with Crippen LogP contribution in [0.3, 0.4) is 0 Å². The molecule has 0 fully saturated rings. The van der Waals surface area contributed by atoms with Crippen LogP contribution < -0.4 is 0 Å². The fourth-order valence-electron chi connectivity index (χ4n) is 9.68. The molecule has 0 rings (SSSR count). The zero-order chi connectivity index (χ0) is 62.6. The molecule has 16 heteroatoms. The van der Waals surface area contributed by atoms with E-state index in [1.165, 1.54) is 11.8 Å². The first-order valence-corrected chi connectivity index (χ1v) is 35.4. The van der Waals surface area contributed by atoms with Crippen molar-refractivity contribution in [1.29, 1.82) is 0 Å². The van der Waals surface area contributed by atoms with Crippen molar-refractivity contribution in [2.75, 3.05) is 84.7 Å². The lowest BCUT2D eigenvalue weighted by Crippen LogP contribution is -2.38. The number of unbranched alkanes of at least 4 members (excludes halogenated alkanes) is 14. The summed E-state index contributed by atoms with van der Waals surface area (Å²) in [5.74, 6) is -1.67. The predicted molar refractivity (Wildman–Crippen MR) is 347 cm³/mol. The second-order valence-electron chi connectivity index (χ2n) is 22.8. The summed E-state index contributed by atoms with van der Waals surface area (Å²) in [7, 11) is 0. The van der Waals surface area contributed by atoms with E-state index in [0.717, 1.165) is 180 Å². The Kier molecular flexibility index (Phi) is 58.3. The highest BCUT2D eigenvalue weighted by Gasteiger charge is 2.25. The van der Waals surface area contributed by atoms with Gasteiger partial charge in [-0.25, -0.2) is 0 Å². The van der Waals surface area contributed by atoms with E-state index in [1.54, 1.807) is 4.90 Å². The van der Waals surface area contributed by atoms with Crippen molar-refractivity contribution < 1.29 is 61.9 Å². The smallest absolute Gasteiger partial charge is 0.308 e. The summed E-state index contributed by atoms with van der Waals surface area (Å²) in [5, 5.41) is -0.159. The minimum atomic E-state index is -0.551. The summed E-state index contributed by atoms with van der Waals surface area (Å²) < 4.78 is 41.0. The van der Waals surface area contributed by atoms with Crippen LogP contribution in [0.1, 0.15) is 274 Å². The topological polar surface area (TPSA) is 174 Å². The van der Waals surface area contributed by atoms with Gasteiger partial charge in [0, 0.05) is 57.2 Å². The summed E-state index contributed by atoms with van der Waals surface area (Å²) in [4.78, 5) is 83.8. The molecule has 0 saturated carbocycles. The van der Waals surface area contributed by atoms with Gasteiger partial charge in [0.25, 0.3) is 5.24 Å². The Hall–Kier alpha value is -3.47. The first-order chi connectivity index (χ1) is 41.4. The van der Waals surface area contributed by atoms with Crippen LogP contribution in [0.5, 0.6) is 0 Å². The van der Waals surface area contributed by atoms with Crippen LogP contribution in [0.15, 0.2) is 24.3 Å². The highest BCUT2D eigenvalue weighted by Crippen LogP contribution is 2.22. The minimum absolute atomic E-state index is 0.0889. The number of esters is 5. The Bertz CT molecular complexity index is 1590. The summed E-state index contributed by atoms with van der Waals surface area (Å²) in [6.45, 7) is 21.7. The van der Waals surface area contributed by atoms with Gasteiger partial charge in [0.1, 0.15) is 0 Å². The standard InChI is InChI=1S/C69H126N2O13S/c1-9-17-23-27-29-35-51-79-66(80-52-36-30-28-24-18-10-2)48-47-65(74)78-55-39-50-71(69(77)85-56-40-49-70(15-7)16-8)57-60(58-83-63(72)45-33-37-53-81-67(75)61(41-21-13-5)43-31-25-19-11-3)59-84-64(73)46-34-38-54-82-68(76)62(42-22-14-6)44-32-26-20-12-4/h17-18,23-24,60-62,66H,9-16,19-22,25-59H2,1-8H3/b23-17-,24-18-. The Labute approximate surface area is 523 Å². The van der Waals surface area contributed by atoms with Gasteiger partial charge in [-0.2, -0.15) is 0 Å². The van der Waals surface area contributed by atoms with Gasteiger partial charge in [-0.15, -0.1) is 0 Å². The fourth-order valence-corrected chi connectivity index (χ4v) is 10.5. The summed E-state index contributed by atoms with van der Waals surface area (Å²) in [5.41, 5.74) is 0. The number of allylic oxidation sites excluding steroid dienone is 4. The van der Waals surface area contributed by atoms with E-state index in [2.05, 4.69) is 84.6 Å². The van der Waals surface area contributed by atoms with E-state index in [-0.39, 0.29) is 100 Å². The lowest BCUT2D eigenvalue weighted by atomic mass is 9.95. The van der Waals surface area contributed by atoms with Crippen molar-refractivity contribution in [3.8, 4) is 0 Å². The van der Waals surface area contributed by atoms with E-state index in [0.29, 0.717) is 57.5 Å². The molecule has 0 aliphatic rings. The van der Waals surface area contributed by atoms with Gasteiger partial charge in [0.2, 0.25) is 0 Å². The SMILES string of the molecule is CC/C=C\CCCCOC(CCC(=O)OCCCN(CC(COC(=O)CCCCOC(=O)C(CCCC)CCCCCC)COC(=O)CCCCOC(=O)C(CCCC)CCCCCC)C(=O)SCCCN(CC)CC)OCCCC/C=C\CC. The first kappa shape index (κ1) is 81.5. The molecule has 0 aliphatic carbocycles. The number of rotatable bonds is 61. The number of hydrogen-bond acceptors (Lipinski definition) is 15. The molecule has 0 saturated heterocycles. The van der Waals surface area contributed by atoms with Gasteiger partial charge in [-0.05, 0) is 135 Å². The molecule has 0 radical (unpaired) electrons. The van der Waals surface area contributed by atoms with Crippen molar-refractivity contribution in [3.05, 3.63) is 24.3 Å². The molecule has 0 heterocycles. The largest absolute Gasteiger partial charge is 0.466 e. The molecule has 85 heavy (non-hydrogen) atoms. The molecule has 1 amide bonds. The average molecular weight is 1220 g/mol. The van der Waals surface area contributed by atoms with Crippen molar-refractivity contribution in [1.82, 2.24) is 9.80 Å². The molecule has 0 aliphatic heterocycles. The van der Waals surface area contributed by atoms with Crippen LogP contribution in [0.4, 0.5) is 4.79 Å². The van der Waals surface area contributed by atoms with Crippen molar-refractivity contribution in [3.63, 3.8) is 0 Å². The molecule has 0 spiro atoms. The number of carbonyl (C=O) groups excluding carboxylic acids is 6. The number of thioether (sulfide) groups is 1. The van der Waals surface area contributed by atoms with Crippen LogP contribution in [0.2, 0.25) is 0 Å². The van der Waals surface area contributed by atoms with Crippen LogP contribution in [-0.4, -0.2) is 136 Å². The Balaban J connectivity index is 5.99. The van der Waals surface area contributed by atoms with Crippen molar-refractivity contribution in [2.24, 2.45) is 17.8 Å². The Morgan fingerprint density at radius 1 is 0.412 bits per heavy atom. The molecule has 2 unspecified atom stereocenters. The number of hydrogen-bond donors (Lipinski definition) is 0. The lowest BCUT2D eigenvalue weighted by molar-refractivity contribution is -0.159.